The molecule has 102 valence electrons. The van der Waals surface area contributed by atoms with Crippen molar-refractivity contribution >= 4 is 0 Å². The van der Waals surface area contributed by atoms with Gasteiger partial charge in [-0.15, -0.1) is 0 Å². The van der Waals surface area contributed by atoms with Crippen molar-refractivity contribution in [3.63, 3.8) is 0 Å². The first-order valence-corrected chi connectivity index (χ1v) is 7.29. The van der Waals surface area contributed by atoms with E-state index >= 15 is 0 Å². The first kappa shape index (κ1) is 14.1. The highest BCUT2D eigenvalue weighted by Crippen LogP contribution is 2.36. The Morgan fingerprint density at radius 1 is 1.26 bits per heavy atom. The first-order chi connectivity index (χ1) is 9.03. The van der Waals surface area contributed by atoms with Gasteiger partial charge in [-0.05, 0) is 42.9 Å². The molecule has 2 heteroatoms. The van der Waals surface area contributed by atoms with Gasteiger partial charge in [-0.2, -0.15) is 5.26 Å². The number of nitrogens with one attached hydrogen (secondary N) is 1. The van der Waals surface area contributed by atoms with Crippen molar-refractivity contribution in [3.8, 4) is 6.07 Å². The van der Waals surface area contributed by atoms with Crippen LogP contribution in [-0.4, -0.2) is 6.04 Å². The minimum absolute atomic E-state index is 0.343. The molecule has 1 aromatic rings. The average molecular weight is 256 g/mol. The molecule has 0 spiro atoms. The molecule has 0 aromatic heterocycles. The van der Waals surface area contributed by atoms with Crippen LogP contribution < -0.4 is 5.32 Å². The molecule has 2 nitrogen and oxygen atoms in total. The van der Waals surface area contributed by atoms with E-state index in [0.29, 0.717) is 17.5 Å². The summed E-state index contributed by atoms with van der Waals surface area (Å²) in [7, 11) is 0. The highest BCUT2D eigenvalue weighted by atomic mass is 15.0. The van der Waals surface area contributed by atoms with Crippen LogP contribution >= 0.6 is 0 Å². The molecule has 1 aromatic carbocycles. The fourth-order valence-electron chi connectivity index (χ4n) is 3.05. The normalized spacial score (nSPS) is 23.6. The zero-order valence-corrected chi connectivity index (χ0v) is 12.2. The summed E-state index contributed by atoms with van der Waals surface area (Å²) in [6, 6.07) is 11.0. The first-order valence-electron chi connectivity index (χ1n) is 7.29. The van der Waals surface area contributed by atoms with Gasteiger partial charge in [0.15, 0.2) is 0 Å². The lowest BCUT2D eigenvalue weighted by molar-refractivity contribution is 0.157. The third-order valence-electron chi connectivity index (χ3n) is 4.50. The van der Waals surface area contributed by atoms with E-state index in [1.807, 2.05) is 12.1 Å². The van der Waals surface area contributed by atoms with Gasteiger partial charge in [0.05, 0.1) is 11.6 Å². The summed E-state index contributed by atoms with van der Waals surface area (Å²) >= 11 is 0. The van der Waals surface area contributed by atoms with Crippen LogP contribution in [0.4, 0.5) is 0 Å². The summed E-state index contributed by atoms with van der Waals surface area (Å²) in [6.07, 6.45) is 5.27. The van der Waals surface area contributed by atoms with Crippen LogP contribution in [0.15, 0.2) is 24.3 Å². The van der Waals surface area contributed by atoms with E-state index in [1.165, 1.54) is 31.2 Å². The Morgan fingerprint density at radius 2 is 1.95 bits per heavy atom. The molecule has 0 heterocycles. The molecule has 1 saturated carbocycles. The van der Waals surface area contributed by atoms with Gasteiger partial charge in [0.2, 0.25) is 0 Å². The molecule has 0 aliphatic heterocycles. The molecule has 2 unspecified atom stereocenters. The van der Waals surface area contributed by atoms with Gasteiger partial charge in [0.1, 0.15) is 0 Å². The van der Waals surface area contributed by atoms with Crippen molar-refractivity contribution < 1.29 is 0 Å². The molecule has 0 amide bonds. The van der Waals surface area contributed by atoms with Crippen LogP contribution in [0.25, 0.3) is 0 Å². The standard InChI is InChI=1S/C17H24N2/c1-13(15-9-7-14(12-18)8-10-15)19-16-6-4-5-11-17(16,2)3/h7-10,13,16,19H,4-6,11H2,1-3H3. The van der Waals surface area contributed by atoms with Crippen molar-refractivity contribution in [1.82, 2.24) is 5.32 Å². The van der Waals surface area contributed by atoms with Gasteiger partial charge < -0.3 is 5.32 Å². The maximum absolute atomic E-state index is 8.83. The van der Waals surface area contributed by atoms with Gasteiger partial charge >= 0.3 is 0 Å². The third kappa shape index (κ3) is 3.36. The van der Waals surface area contributed by atoms with Crippen LogP contribution in [0.2, 0.25) is 0 Å². The fourth-order valence-corrected chi connectivity index (χ4v) is 3.05. The lowest BCUT2D eigenvalue weighted by Gasteiger charge is -2.40. The maximum Gasteiger partial charge on any atom is 0.0991 e. The van der Waals surface area contributed by atoms with Crippen LogP contribution in [0.1, 0.15) is 63.6 Å². The Labute approximate surface area is 116 Å². The van der Waals surface area contributed by atoms with E-state index < -0.39 is 0 Å². The lowest BCUT2D eigenvalue weighted by atomic mass is 9.73. The largest absolute Gasteiger partial charge is 0.307 e. The highest BCUT2D eigenvalue weighted by molar-refractivity contribution is 5.32. The summed E-state index contributed by atoms with van der Waals surface area (Å²) < 4.78 is 0. The number of benzene rings is 1. The second kappa shape index (κ2) is 5.75. The van der Waals surface area contributed by atoms with Crippen LogP contribution in [0.5, 0.6) is 0 Å². The van der Waals surface area contributed by atoms with Gasteiger partial charge in [-0.1, -0.05) is 38.8 Å². The van der Waals surface area contributed by atoms with Crippen LogP contribution in [-0.2, 0) is 0 Å². The fraction of sp³-hybridized carbons (Fsp3) is 0.588. The zero-order chi connectivity index (χ0) is 13.9. The number of rotatable bonds is 3. The Kier molecular flexibility index (Phi) is 4.27. The Balaban J connectivity index is 2.03. The van der Waals surface area contributed by atoms with Crippen molar-refractivity contribution in [2.75, 3.05) is 0 Å². The van der Waals surface area contributed by atoms with Crippen molar-refractivity contribution in [2.45, 2.75) is 58.5 Å². The van der Waals surface area contributed by atoms with Gasteiger partial charge in [0, 0.05) is 12.1 Å². The lowest BCUT2D eigenvalue weighted by Crippen LogP contribution is -2.45. The summed E-state index contributed by atoms with van der Waals surface area (Å²) in [5.74, 6) is 0. The minimum Gasteiger partial charge on any atom is -0.307 e. The highest BCUT2D eigenvalue weighted by Gasteiger charge is 2.32. The van der Waals surface area contributed by atoms with Gasteiger partial charge in [-0.25, -0.2) is 0 Å². The molecular formula is C17H24N2. The van der Waals surface area contributed by atoms with Crippen molar-refractivity contribution in [3.05, 3.63) is 35.4 Å². The molecule has 1 aliphatic rings. The predicted octanol–water partition coefficient (Wildman–Crippen LogP) is 4.18. The Bertz CT molecular complexity index is 453. The van der Waals surface area contributed by atoms with Gasteiger partial charge in [-0.3, -0.25) is 0 Å². The van der Waals surface area contributed by atoms with E-state index in [-0.39, 0.29) is 0 Å². The minimum atomic E-state index is 0.343. The van der Waals surface area contributed by atoms with Crippen LogP contribution in [0.3, 0.4) is 0 Å². The molecule has 0 saturated heterocycles. The van der Waals surface area contributed by atoms with Crippen molar-refractivity contribution in [2.24, 2.45) is 5.41 Å². The predicted molar refractivity (Wildman–Crippen MR) is 78.7 cm³/mol. The molecule has 0 radical (unpaired) electrons. The number of hydrogen-bond donors (Lipinski definition) is 1. The molecule has 19 heavy (non-hydrogen) atoms. The molecule has 2 rings (SSSR count). The number of nitrogens with zero attached hydrogens (tertiary/aromatic N) is 1. The molecule has 1 N–H and O–H groups in total. The molecular weight excluding hydrogens is 232 g/mol. The zero-order valence-electron chi connectivity index (χ0n) is 12.2. The second-order valence-electron chi connectivity index (χ2n) is 6.41. The summed E-state index contributed by atoms with van der Waals surface area (Å²) in [5, 5.41) is 12.6. The van der Waals surface area contributed by atoms with E-state index in [1.54, 1.807) is 0 Å². The molecule has 0 bridgehead atoms. The Hall–Kier alpha value is -1.33. The number of nitriles is 1. The molecule has 1 fully saturated rings. The topological polar surface area (TPSA) is 35.8 Å². The molecule has 1 aliphatic carbocycles. The SMILES string of the molecule is CC(NC1CCCCC1(C)C)c1ccc(C#N)cc1. The maximum atomic E-state index is 8.83. The average Bonchev–Trinajstić information content (AvgIpc) is 2.41. The summed E-state index contributed by atoms with van der Waals surface area (Å²) in [5.41, 5.74) is 2.38. The number of hydrogen-bond acceptors (Lipinski definition) is 2. The smallest absolute Gasteiger partial charge is 0.0991 e. The van der Waals surface area contributed by atoms with E-state index in [9.17, 15) is 0 Å². The Morgan fingerprint density at radius 3 is 2.53 bits per heavy atom. The monoisotopic (exact) mass is 256 g/mol. The van der Waals surface area contributed by atoms with E-state index in [2.05, 4.69) is 44.3 Å². The molecule has 2 atom stereocenters. The third-order valence-corrected chi connectivity index (χ3v) is 4.50. The summed E-state index contributed by atoms with van der Waals surface area (Å²) in [6.45, 7) is 6.96. The van der Waals surface area contributed by atoms with Gasteiger partial charge in [0.25, 0.3) is 0 Å². The van der Waals surface area contributed by atoms with Crippen LogP contribution in [0, 0.1) is 16.7 Å². The van der Waals surface area contributed by atoms with Crippen molar-refractivity contribution in [1.29, 1.82) is 5.26 Å². The van der Waals surface area contributed by atoms with E-state index in [4.69, 9.17) is 5.26 Å². The quantitative estimate of drug-likeness (QED) is 0.880. The second-order valence-corrected chi connectivity index (χ2v) is 6.41. The summed E-state index contributed by atoms with van der Waals surface area (Å²) in [4.78, 5) is 0. The van der Waals surface area contributed by atoms with E-state index in [0.717, 1.165) is 5.56 Å².